The number of nitrogens with one attached hydrogen (secondary N) is 1. The summed E-state index contributed by atoms with van der Waals surface area (Å²) in [6.45, 7) is 6.75. The van der Waals surface area contributed by atoms with Crippen molar-refractivity contribution in [2.24, 2.45) is 0 Å². The molecule has 0 amide bonds. The fourth-order valence-electron chi connectivity index (χ4n) is 1.54. The molecule has 17 heavy (non-hydrogen) atoms. The van der Waals surface area contributed by atoms with Crippen molar-refractivity contribution in [2.45, 2.75) is 32.9 Å². The van der Waals surface area contributed by atoms with Crippen molar-refractivity contribution in [3.8, 4) is 0 Å². The number of hydrogen-bond donors (Lipinski definition) is 1. The molecule has 1 aromatic heterocycles. The molecule has 6 heteroatoms. The van der Waals surface area contributed by atoms with Crippen LogP contribution < -0.4 is 10.9 Å². The Labute approximate surface area is 106 Å². The van der Waals surface area contributed by atoms with Crippen molar-refractivity contribution in [1.29, 1.82) is 0 Å². The van der Waals surface area contributed by atoms with Crippen LogP contribution in [0.3, 0.4) is 0 Å². The third-order valence-corrected chi connectivity index (χ3v) is 2.63. The zero-order valence-electron chi connectivity index (χ0n) is 10.6. The molecule has 1 aromatic rings. The van der Waals surface area contributed by atoms with Gasteiger partial charge in [-0.15, -0.1) is 0 Å². The van der Waals surface area contributed by atoms with Crippen LogP contribution in [0, 0.1) is 0 Å². The lowest BCUT2D eigenvalue weighted by Crippen LogP contribution is -2.37. The molecule has 96 valence electrons. The van der Waals surface area contributed by atoms with E-state index in [4.69, 9.17) is 16.3 Å². The van der Waals surface area contributed by atoms with Gasteiger partial charge in [-0.1, -0.05) is 11.6 Å². The summed E-state index contributed by atoms with van der Waals surface area (Å²) in [4.78, 5) is 11.8. The van der Waals surface area contributed by atoms with E-state index in [1.807, 2.05) is 20.8 Å². The summed E-state index contributed by atoms with van der Waals surface area (Å²) < 4.78 is 6.40. The first-order valence-electron chi connectivity index (χ1n) is 5.44. The molecule has 1 N–H and O–H groups in total. The molecule has 0 spiro atoms. The van der Waals surface area contributed by atoms with E-state index < -0.39 is 0 Å². The van der Waals surface area contributed by atoms with E-state index in [2.05, 4.69) is 10.4 Å². The maximum atomic E-state index is 11.8. The van der Waals surface area contributed by atoms with Gasteiger partial charge >= 0.3 is 0 Å². The minimum atomic E-state index is -0.315. The van der Waals surface area contributed by atoms with Crippen molar-refractivity contribution in [2.75, 3.05) is 19.0 Å². The number of hydrogen-bond acceptors (Lipinski definition) is 4. The largest absolute Gasteiger partial charge is 0.382 e. The van der Waals surface area contributed by atoms with Gasteiger partial charge in [0.1, 0.15) is 5.02 Å². The van der Waals surface area contributed by atoms with Crippen LogP contribution in [-0.2, 0) is 11.3 Å². The lowest BCUT2D eigenvalue weighted by atomic mass is 10.1. The van der Waals surface area contributed by atoms with Crippen molar-refractivity contribution in [1.82, 2.24) is 9.78 Å². The summed E-state index contributed by atoms with van der Waals surface area (Å²) in [6, 6.07) is 0. The van der Waals surface area contributed by atoms with Crippen LogP contribution >= 0.6 is 11.6 Å². The second kappa shape index (κ2) is 5.51. The van der Waals surface area contributed by atoms with E-state index >= 15 is 0 Å². The average molecular weight is 260 g/mol. The summed E-state index contributed by atoms with van der Waals surface area (Å²) in [5, 5.41) is 7.32. The van der Waals surface area contributed by atoms with Crippen molar-refractivity contribution in [3.05, 3.63) is 21.6 Å². The molecule has 0 saturated heterocycles. The molecule has 0 fully saturated rings. The summed E-state index contributed by atoms with van der Waals surface area (Å²) in [5.74, 6) is 0. The van der Waals surface area contributed by atoms with Crippen molar-refractivity contribution >= 4 is 17.3 Å². The number of nitrogens with zero attached hydrogens (tertiary/aromatic N) is 2. The number of methoxy groups -OCH3 is 1. The Kier molecular flexibility index (Phi) is 4.54. The topological polar surface area (TPSA) is 56.1 Å². The third-order valence-electron chi connectivity index (χ3n) is 2.26. The van der Waals surface area contributed by atoms with Gasteiger partial charge in [0, 0.05) is 13.7 Å². The predicted molar refractivity (Wildman–Crippen MR) is 68.8 cm³/mol. The first-order valence-corrected chi connectivity index (χ1v) is 5.82. The lowest BCUT2D eigenvalue weighted by Gasteiger charge is -2.26. The van der Waals surface area contributed by atoms with E-state index in [1.165, 1.54) is 4.68 Å². The highest BCUT2D eigenvalue weighted by Crippen LogP contribution is 2.20. The van der Waals surface area contributed by atoms with Crippen LogP contribution in [0.15, 0.2) is 11.0 Å². The van der Waals surface area contributed by atoms with Gasteiger partial charge in [-0.25, -0.2) is 4.68 Å². The fraction of sp³-hybridized carbons (Fsp3) is 0.636. The summed E-state index contributed by atoms with van der Waals surface area (Å²) >= 11 is 6.01. The Bertz CT molecular complexity index is 443. The van der Waals surface area contributed by atoms with Crippen LogP contribution in [0.5, 0.6) is 0 Å². The third kappa shape index (κ3) is 3.44. The van der Waals surface area contributed by atoms with E-state index in [0.29, 0.717) is 18.8 Å². The molecule has 0 aromatic carbocycles. The smallest absolute Gasteiger partial charge is 0.287 e. The fourth-order valence-corrected chi connectivity index (χ4v) is 1.73. The molecule has 0 bridgehead atoms. The Morgan fingerprint density at radius 1 is 1.59 bits per heavy atom. The van der Waals surface area contributed by atoms with Gasteiger partial charge in [0.05, 0.1) is 24.0 Å². The maximum absolute atomic E-state index is 11.8. The van der Waals surface area contributed by atoms with Crippen LogP contribution in [0.4, 0.5) is 5.69 Å². The molecular formula is C11H18ClN3O2. The second-order valence-corrected chi connectivity index (χ2v) is 4.81. The highest BCUT2D eigenvalue weighted by molar-refractivity contribution is 6.32. The summed E-state index contributed by atoms with van der Waals surface area (Å²) in [6.07, 6.45) is 1.56. The standard InChI is InChI=1S/C11H18ClN3O2/c1-5-15-10(16)9(12)8(6-13-15)14-11(2,3)7-17-4/h6,14H,5,7H2,1-4H3. The minimum Gasteiger partial charge on any atom is -0.382 e. The maximum Gasteiger partial charge on any atom is 0.287 e. The van der Waals surface area contributed by atoms with Crippen molar-refractivity contribution < 1.29 is 4.74 Å². The predicted octanol–water partition coefficient (Wildman–Crippen LogP) is 1.75. The highest BCUT2D eigenvalue weighted by atomic mass is 35.5. The SMILES string of the molecule is CCn1ncc(NC(C)(C)COC)c(Cl)c1=O. The van der Waals surface area contributed by atoms with Gasteiger partial charge in [0.15, 0.2) is 0 Å². The normalized spacial score (nSPS) is 11.6. The first kappa shape index (κ1) is 14.0. The second-order valence-electron chi connectivity index (χ2n) is 4.44. The molecule has 0 radical (unpaired) electrons. The Balaban J connectivity index is 3.01. The van der Waals surface area contributed by atoms with E-state index in [-0.39, 0.29) is 16.1 Å². The summed E-state index contributed by atoms with van der Waals surface area (Å²) in [5.41, 5.74) is -0.0685. The highest BCUT2D eigenvalue weighted by Gasteiger charge is 2.20. The molecule has 0 atom stereocenters. The molecule has 0 aliphatic carbocycles. The average Bonchev–Trinajstić information content (AvgIpc) is 2.25. The Morgan fingerprint density at radius 3 is 2.76 bits per heavy atom. The monoisotopic (exact) mass is 259 g/mol. The molecule has 0 unspecified atom stereocenters. The van der Waals surface area contributed by atoms with Gasteiger partial charge in [-0.2, -0.15) is 5.10 Å². The first-order chi connectivity index (χ1) is 7.91. The molecule has 1 rings (SSSR count). The lowest BCUT2D eigenvalue weighted by molar-refractivity contribution is 0.158. The number of halogens is 1. The molecular weight excluding hydrogens is 242 g/mol. The van der Waals surface area contributed by atoms with Crippen LogP contribution in [0.1, 0.15) is 20.8 Å². The van der Waals surface area contributed by atoms with Crippen LogP contribution in [-0.4, -0.2) is 29.0 Å². The number of aryl methyl sites for hydroxylation is 1. The van der Waals surface area contributed by atoms with E-state index in [0.717, 1.165) is 0 Å². The Morgan fingerprint density at radius 2 is 2.24 bits per heavy atom. The van der Waals surface area contributed by atoms with Gasteiger partial charge in [0.25, 0.3) is 5.56 Å². The number of aromatic nitrogens is 2. The zero-order valence-corrected chi connectivity index (χ0v) is 11.3. The summed E-state index contributed by atoms with van der Waals surface area (Å²) in [7, 11) is 1.62. The van der Waals surface area contributed by atoms with Gasteiger partial charge in [-0.3, -0.25) is 4.79 Å². The number of anilines is 1. The minimum absolute atomic E-state index is 0.158. The van der Waals surface area contributed by atoms with Crippen LogP contribution in [0.25, 0.3) is 0 Å². The van der Waals surface area contributed by atoms with Crippen LogP contribution in [0.2, 0.25) is 5.02 Å². The van der Waals surface area contributed by atoms with Gasteiger partial charge in [0.2, 0.25) is 0 Å². The molecule has 5 nitrogen and oxygen atoms in total. The zero-order chi connectivity index (χ0) is 13.1. The van der Waals surface area contributed by atoms with Crippen molar-refractivity contribution in [3.63, 3.8) is 0 Å². The molecule has 0 saturated carbocycles. The molecule has 0 aliphatic rings. The van der Waals surface area contributed by atoms with Gasteiger partial charge < -0.3 is 10.1 Å². The van der Waals surface area contributed by atoms with Gasteiger partial charge in [-0.05, 0) is 20.8 Å². The quantitative estimate of drug-likeness (QED) is 0.875. The van der Waals surface area contributed by atoms with E-state index in [9.17, 15) is 4.79 Å². The number of ether oxygens (including phenoxy) is 1. The number of rotatable bonds is 5. The molecule has 0 aliphatic heterocycles. The van der Waals surface area contributed by atoms with E-state index in [1.54, 1.807) is 13.3 Å². The Hall–Kier alpha value is -1.07. The molecule has 1 heterocycles.